The van der Waals surface area contributed by atoms with Crippen LogP contribution in [0.4, 0.5) is 4.39 Å². The minimum Gasteiger partial charge on any atom is -0.457 e. The molecule has 2 aromatic rings. The second kappa shape index (κ2) is 7.19. The first kappa shape index (κ1) is 15.4. The third kappa shape index (κ3) is 4.26. The highest BCUT2D eigenvalue weighted by Gasteiger charge is 2.21. The summed E-state index contributed by atoms with van der Waals surface area (Å²) < 4.78 is 18.5. The van der Waals surface area contributed by atoms with E-state index in [9.17, 15) is 9.18 Å². The van der Waals surface area contributed by atoms with Crippen molar-refractivity contribution < 1.29 is 13.9 Å². The molecule has 1 aromatic heterocycles. The molecule has 0 radical (unpaired) electrons. The van der Waals surface area contributed by atoms with Crippen molar-refractivity contribution in [2.45, 2.75) is 25.4 Å². The Morgan fingerprint density at radius 1 is 1.30 bits per heavy atom. The molecule has 120 valence electrons. The van der Waals surface area contributed by atoms with E-state index in [4.69, 9.17) is 4.74 Å². The summed E-state index contributed by atoms with van der Waals surface area (Å²) in [7, 11) is 0. The van der Waals surface area contributed by atoms with Gasteiger partial charge in [0.1, 0.15) is 17.3 Å². The van der Waals surface area contributed by atoms with Gasteiger partial charge >= 0.3 is 0 Å². The monoisotopic (exact) mass is 315 g/mol. The molecule has 3 rings (SSSR count). The number of carbonyl (C=O) groups excluding carboxylic acids is 1. The van der Waals surface area contributed by atoms with E-state index in [0.717, 1.165) is 19.4 Å². The first-order valence-corrected chi connectivity index (χ1v) is 7.60. The van der Waals surface area contributed by atoms with Gasteiger partial charge in [-0.15, -0.1) is 0 Å². The fraction of sp³-hybridized carbons (Fsp3) is 0.294. The zero-order valence-electron chi connectivity index (χ0n) is 12.6. The maximum atomic E-state index is 12.9. The highest BCUT2D eigenvalue weighted by Crippen LogP contribution is 2.21. The van der Waals surface area contributed by atoms with Crippen LogP contribution >= 0.6 is 0 Å². The quantitative estimate of drug-likeness (QED) is 0.889. The Labute approximate surface area is 133 Å². The molecule has 2 heterocycles. The van der Waals surface area contributed by atoms with Crippen LogP contribution in [-0.2, 0) is 11.3 Å². The van der Waals surface area contributed by atoms with E-state index >= 15 is 0 Å². The summed E-state index contributed by atoms with van der Waals surface area (Å²) >= 11 is 0. The molecule has 1 aliphatic rings. The first-order chi connectivity index (χ1) is 11.2. The lowest BCUT2D eigenvalue weighted by atomic mass is 10.2. The Balaban J connectivity index is 1.58. The minimum absolute atomic E-state index is 0.00541. The zero-order valence-corrected chi connectivity index (χ0v) is 12.6. The number of hydrogen-bond donors (Lipinski definition) is 2. The van der Waals surface area contributed by atoms with Crippen LogP contribution in [0.25, 0.3) is 0 Å². The van der Waals surface area contributed by atoms with E-state index in [2.05, 4.69) is 15.6 Å². The second-order valence-electron chi connectivity index (χ2n) is 5.41. The summed E-state index contributed by atoms with van der Waals surface area (Å²) in [6.07, 6.45) is 3.51. The average molecular weight is 315 g/mol. The lowest BCUT2D eigenvalue weighted by Gasteiger charge is -2.11. The van der Waals surface area contributed by atoms with E-state index in [1.54, 1.807) is 30.5 Å². The van der Waals surface area contributed by atoms with E-state index < -0.39 is 0 Å². The van der Waals surface area contributed by atoms with Crippen LogP contribution < -0.4 is 15.4 Å². The topological polar surface area (TPSA) is 63.2 Å². The van der Waals surface area contributed by atoms with Crippen molar-refractivity contribution in [1.29, 1.82) is 0 Å². The zero-order chi connectivity index (χ0) is 16.1. The van der Waals surface area contributed by atoms with E-state index in [0.29, 0.717) is 23.7 Å². The smallest absolute Gasteiger partial charge is 0.237 e. The molecule has 0 bridgehead atoms. The molecule has 1 amide bonds. The number of pyridine rings is 1. The molecule has 5 nitrogen and oxygen atoms in total. The molecule has 1 aliphatic heterocycles. The van der Waals surface area contributed by atoms with E-state index in [1.165, 1.54) is 12.1 Å². The normalized spacial score (nSPS) is 17.0. The number of benzene rings is 1. The van der Waals surface area contributed by atoms with Gasteiger partial charge in [-0.25, -0.2) is 4.39 Å². The van der Waals surface area contributed by atoms with Crippen LogP contribution in [0.2, 0.25) is 0 Å². The predicted octanol–water partition coefficient (Wildman–Crippen LogP) is 2.38. The third-order valence-electron chi connectivity index (χ3n) is 3.66. The Morgan fingerprint density at radius 2 is 2.13 bits per heavy atom. The van der Waals surface area contributed by atoms with Gasteiger partial charge in [0.25, 0.3) is 0 Å². The molecule has 1 aromatic carbocycles. The predicted molar refractivity (Wildman–Crippen MR) is 83.6 cm³/mol. The van der Waals surface area contributed by atoms with Crippen LogP contribution in [0.5, 0.6) is 11.5 Å². The largest absolute Gasteiger partial charge is 0.457 e. The maximum absolute atomic E-state index is 12.9. The van der Waals surface area contributed by atoms with Gasteiger partial charge < -0.3 is 15.4 Å². The van der Waals surface area contributed by atoms with Gasteiger partial charge in [0, 0.05) is 12.3 Å². The molecule has 1 unspecified atom stereocenters. The summed E-state index contributed by atoms with van der Waals surface area (Å²) in [5.74, 6) is 0.822. The van der Waals surface area contributed by atoms with Crippen LogP contribution in [0, 0.1) is 5.82 Å². The number of nitrogens with one attached hydrogen (secondary N) is 2. The Morgan fingerprint density at radius 3 is 2.87 bits per heavy atom. The van der Waals surface area contributed by atoms with Crippen LogP contribution in [0.15, 0.2) is 42.6 Å². The van der Waals surface area contributed by atoms with Gasteiger partial charge in [-0.2, -0.15) is 0 Å². The van der Waals surface area contributed by atoms with Crippen molar-refractivity contribution >= 4 is 5.91 Å². The Bertz CT molecular complexity index is 670. The molecule has 1 fully saturated rings. The van der Waals surface area contributed by atoms with Gasteiger partial charge in [-0.05, 0) is 49.7 Å². The number of aromatic nitrogens is 1. The lowest BCUT2D eigenvalue weighted by Crippen LogP contribution is -2.40. The number of carbonyl (C=O) groups is 1. The van der Waals surface area contributed by atoms with Crippen molar-refractivity contribution in [2.24, 2.45) is 0 Å². The van der Waals surface area contributed by atoms with Crippen molar-refractivity contribution in [2.75, 3.05) is 6.54 Å². The fourth-order valence-electron chi connectivity index (χ4n) is 2.46. The van der Waals surface area contributed by atoms with Gasteiger partial charge in [-0.3, -0.25) is 9.78 Å². The number of amides is 1. The van der Waals surface area contributed by atoms with Crippen molar-refractivity contribution in [3.05, 3.63) is 54.1 Å². The van der Waals surface area contributed by atoms with Crippen molar-refractivity contribution in [3.8, 4) is 11.5 Å². The van der Waals surface area contributed by atoms with E-state index in [1.807, 2.05) is 0 Å². The molecule has 2 N–H and O–H groups in total. The molecule has 0 saturated carbocycles. The highest BCUT2D eigenvalue weighted by molar-refractivity contribution is 5.81. The first-order valence-electron chi connectivity index (χ1n) is 7.60. The highest BCUT2D eigenvalue weighted by atomic mass is 19.1. The summed E-state index contributed by atoms with van der Waals surface area (Å²) in [6, 6.07) is 9.16. The summed E-state index contributed by atoms with van der Waals surface area (Å²) in [4.78, 5) is 16.2. The number of rotatable bonds is 5. The molecule has 1 atom stereocenters. The van der Waals surface area contributed by atoms with Gasteiger partial charge in [0.2, 0.25) is 5.91 Å². The van der Waals surface area contributed by atoms with Crippen LogP contribution in [0.3, 0.4) is 0 Å². The second-order valence-corrected chi connectivity index (χ2v) is 5.41. The number of halogens is 1. The maximum Gasteiger partial charge on any atom is 0.237 e. The molecule has 6 heteroatoms. The number of hydrogen-bond acceptors (Lipinski definition) is 4. The molecular weight excluding hydrogens is 297 g/mol. The molecular formula is C17H18FN3O2. The van der Waals surface area contributed by atoms with Crippen LogP contribution in [0.1, 0.15) is 18.5 Å². The van der Waals surface area contributed by atoms with E-state index in [-0.39, 0.29) is 17.8 Å². The number of nitrogens with zero attached hydrogens (tertiary/aromatic N) is 1. The van der Waals surface area contributed by atoms with Crippen molar-refractivity contribution in [3.63, 3.8) is 0 Å². The summed E-state index contributed by atoms with van der Waals surface area (Å²) in [5, 5.41) is 6.02. The molecule has 23 heavy (non-hydrogen) atoms. The van der Waals surface area contributed by atoms with Gasteiger partial charge in [-0.1, -0.05) is 0 Å². The van der Waals surface area contributed by atoms with Crippen LogP contribution in [-0.4, -0.2) is 23.5 Å². The standard InChI is InChI=1S/C17H18FN3O2/c18-12-3-5-14(6-4-12)23-15-7-9-19-13(10-15)11-21-17(22)16-2-1-8-20-16/h3-7,9-10,16,20H,1-2,8,11H2,(H,21,22). The summed E-state index contributed by atoms with van der Waals surface area (Å²) in [6.45, 7) is 1.23. The Kier molecular flexibility index (Phi) is 4.83. The van der Waals surface area contributed by atoms with Gasteiger partial charge in [0.15, 0.2) is 0 Å². The lowest BCUT2D eigenvalue weighted by molar-refractivity contribution is -0.122. The molecule has 0 aliphatic carbocycles. The number of ether oxygens (including phenoxy) is 1. The fourth-order valence-corrected chi connectivity index (χ4v) is 2.46. The van der Waals surface area contributed by atoms with Crippen molar-refractivity contribution in [1.82, 2.24) is 15.6 Å². The summed E-state index contributed by atoms with van der Waals surface area (Å²) in [5.41, 5.74) is 0.705. The minimum atomic E-state index is -0.309. The third-order valence-corrected chi connectivity index (χ3v) is 3.66. The average Bonchev–Trinajstić information content (AvgIpc) is 3.10. The molecule has 0 spiro atoms. The SMILES string of the molecule is O=C(NCc1cc(Oc2ccc(F)cc2)ccn1)C1CCCN1. The Hall–Kier alpha value is -2.47. The van der Waals surface area contributed by atoms with Gasteiger partial charge in [0.05, 0.1) is 18.3 Å². The molecule has 1 saturated heterocycles.